The van der Waals surface area contributed by atoms with E-state index in [0.29, 0.717) is 0 Å². The molecule has 2 aliphatic rings. The third kappa shape index (κ3) is 3.42. The first-order valence-corrected chi connectivity index (χ1v) is 9.87. The first-order valence-electron chi connectivity index (χ1n) is 9.87. The molecule has 1 heterocycles. The fraction of sp³-hybridized carbons (Fsp3) is 0.391. The van der Waals surface area contributed by atoms with Crippen molar-refractivity contribution < 1.29 is 14.3 Å². The number of nitrogens with one attached hydrogen (secondary N) is 1. The first-order chi connectivity index (χ1) is 13.5. The fourth-order valence-corrected chi connectivity index (χ4v) is 4.12. The van der Waals surface area contributed by atoms with Crippen molar-refractivity contribution in [2.45, 2.75) is 50.4 Å². The zero-order valence-electron chi connectivity index (χ0n) is 16.3. The summed E-state index contributed by atoms with van der Waals surface area (Å²) in [5.41, 5.74) is 1.72. The van der Waals surface area contributed by atoms with Gasteiger partial charge in [-0.05, 0) is 37.8 Å². The lowest BCUT2D eigenvalue weighted by atomic mass is 9.95. The summed E-state index contributed by atoms with van der Waals surface area (Å²) in [6, 6.07) is 19.3. The molecule has 2 aromatic carbocycles. The van der Waals surface area contributed by atoms with E-state index >= 15 is 0 Å². The van der Waals surface area contributed by atoms with Crippen molar-refractivity contribution in [3.63, 3.8) is 0 Å². The number of hydrogen-bond acceptors (Lipinski definition) is 3. The largest absolute Gasteiger partial charge is 0.356 e. The summed E-state index contributed by atoms with van der Waals surface area (Å²) in [6.45, 7) is 3.87. The Kier molecular flexibility index (Phi) is 4.94. The van der Waals surface area contributed by atoms with Gasteiger partial charge in [-0.25, -0.2) is 0 Å². The van der Waals surface area contributed by atoms with Crippen molar-refractivity contribution in [2.75, 3.05) is 6.61 Å². The quantitative estimate of drug-likeness (QED) is 0.869. The molecule has 2 amide bonds. The maximum absolute atomic E-state index is 13.3. The van der Waals surface area contributed by atoms with Crippen molar-refractivity contribution in [2.24, 2.45) is 0 Å². The van der Waals surface area contributed by atoms with E-state index in [1.807, 2.05) is 74.5 Å². The summed E-state index contributed by atoms with van der Waals surface area (Å²) in [6.07, 6.45) is 1.10. The summed E-state index contributed by atoms with van der Waals surface area (Å²) in [5.74, 6) is -0.245. The molecule has 0 radical (unpaired) electrons. The van der Waals surface area contributed by atoms with Crippen LogP contribution in [0.2, 0.25) is 0 Å². The minimum Gasteiger partial charge on any atom is -0.356 e. The summed E-state index contributed by atoms with van der Waals surface area (Å²) in [7, 11) is 0. The molecule has 5 nitrogen and oxygen atoms in total. The average Bonchev–Trinajstić information content (AvgIpc) is 3.49. The minimum atomic E-state index is -0.733. The highest BCUT2D eigenvalue weighted by atomic mass is 16.5. The molecule has 146 valence electrons. The number of ether oxygens (including phenoxy) is 1. The number of carbonyl (C=O) groups is 2. The zero-order valence-corrected chi connectivity index (χ0v) is 16.3. The van der Waals surface area contributed by atoms with Gasteiger partial charge in [0, 0.05) is 6.04 Å². The van der Waals surface area contributed by atoms with Crippen LogP contribution in [0, 0.1) is 0 Å². The average molecular weight is 378 g/mol. The molecule has 2 aromatic rings. The number of morpholine rings is 1. The monoisotopic (exact) mass is 378 g/mol. The van der Waals surface area contributed by atoms with Crippen LogP contribution < -0.4 is 5.32 Å². The van der Waals surface area contributed by atoms with Crippen molar-refractivity contribution in [1.82, 2.24) is 10.2 Å². The molecule has 0 unspecified atom stereocenters. The zero-order chi connectivity index (χ0) is 19.7. The second kappa shape index (κ2) is 7.40. The predicted octanol–water partition coefficient (Wildman–Crippen LogP) is 3.17. The molecule has 5 heteroatoms. The third-order valence-electron chi connectivity index (χ3n) is 5.66. The van der Waals surface area contributed by atoms with Crippen LogP contribution in [0.5, 0.6) is 0 Å². The molecule has 1 saturated heterocycles. The van der Waals surface area contributed by atoms with Gasteiger partial charge in [0.1, 0.15) is 6.61 Å². The highest BCUT2D eigenvalue weighted by Crippen LogP contribution is 2.46. The SMILES string of the molecule is CC(C)N1C(=O)CO[C@H](C(=O)NC2(c3ccccc3)CC2)[C@H]1c1ccccc1. The first kappa shape index (κ1) is 18.7. The molecule has 2 atom stereocenters. The molecule has 2 fully saturated rings. The van der Waals surface area contributed by atoms with Crippen molar-refractivity contribution in [1.29, 1.82) is 0 Å². The van der Waals surface area contributed by atoms with Gasteiger partial charge in [-0.2, -0.15) is 0 Å². The molecule has 0 bridgehead atoms. The highest BCUT2D eigenvalue weighted by molar-refractivity contribution is 5.87. The van der Waals surface area contributed by atoms with Gasteiger partial charge in [-0.15, -0.1) is 0 Å². The minimum absolute atomic E-state index is 0.0269. The standard InChI is InChI=1S/C23H26N2O3/c1-16(2)25-19(26)15-28-21(20(25)17-9-5-3-6-10-17)22(27)24-23(13-14-23)18-11-7-4-8-12-18/h3-12,16,20-21H,13-15H2,1-2H3,(H,24,27)/t20-,21+/m1/s1. The van der Waals surface area contributed by atoms with Crippen LogP contribution in [0.15, 0.2) is 60.7 Å². The second-order valence-electron chi connectivity index (χ2n) is 7.92. The van der Waals surface area contributed by atoms with E-state index in [9.17, 15) is 9.59 Å². The van der Waals surface area contributed by atoms with Gasteiger partial charge in [-0.3, -0.25) is 9.59 Å². The van der Waals surface area contributed by atoms with Gasteiger partial charge in [0.05, 0.1) is 11.6 Å². The maximum atomic E-state index is 13.3. The van der Waals surface area contributed by atoms with Gasteiger partial charge in [0.25, 0.3) is 5.91 Å². The Balaban J connectivity index is 1.63. The Bertz CT molecular complexity index is 847. The Hall–Kier alpha value is -2.66. The van der Waals surface area contributed by atoms with Crippen LogP contribution in [0.1, 0.15) is 43.9 Å². The van der Waals surface area contributed by atoms with Crippen LogP contribution >= 0.6 is 0 Å². The van der Waals surface area contributed by atoms with Gasteiger partial charge < -0.3 is 15.0 Å². The molecule has 1 aliphatic carbocycles. The molecule has 1 aliphatic heterocycles. The number of rotatable bonds is 5. The lowest BCUT2D eigenvalue weighted by Crippen LogP contribution is -2.57. The lowest BCUT2D eigenvalue weighted by molar-refractivity contribution is -0.167. The Labute approximate surface area is 165 Å². The molecule has 4 rings (SSSR count). The molecule has 1 saturated carbocycles. The van der Waals surface area contributed by atoms with Crippen LogP contribution in [0.4, 0.5) is 0 Å². The molecular weight excluding hydrogens is 352 g/mol. The number of hydrogen-bond donors (Lipinski definition) is 1. The van der Waals surface area contributed by atoms with Gasteiger partial charge in [0.15, 0.2) is 6.10 Å². The smallest absolute Gasteiger partial charge is 0.252 e. The van der Waals surface area contributed by atoms with Crippen molar-refractivity contribution >= 4 is 11.8 Å². The van der Waals surface area contributed by atoms with Crippen molar-refractivity contribution in [3.05, 3.63) is 71.8 Å². The summed E-state index contributed by atoms with van der Waals surface area (Å²) in [5, 5.41) is 3.23. The maximum Gasteiger partial charge on any atom is 0.252 e. The number of carbonyl (C=O) groups excluding carboxylic acids is 2. The van der Waals surface area contributed by atoms with Gasteiger partial charge in [-0.1, -0.05) is 60.7 Å². The Morgan fingerprint density at radius 2 is 1.68 bits per heavy atom. The van der Waals surface area contributed by atoms with Crippen LogP contribution in [-0.2, 0) is 19.9 Å². The summed E-state index contributed by atoms with van der Waals surface area (Å²) >= 11 is 0. The number of benzene rings is 2. The fourth-order valence-electron chi connectivity index (χ4n) is 4.12. The normalized spacial score (nSPS) is 23.5. The van der Waals surface area contributed by atoms with Crippen LogP contribution in [-0.4, -0.2) is 35.5 Å². The molecule has 0 spiro atoms. The van der Waals surface area contributed by atoms with Crippen LogP contribution in [0.3, 0.4) is 0 Å². The Morgan fingerprint density at radius 1 is 1.07 bits per heavy atom. The summed E-state index contributed by atoms with van der Waals surface area (Å²) in [4.78, 5) is 27.7. The number of nitrogens with zero attached hydrogens (tertiary/aromatic N) is 1. The van der Waals surface area contributed by atoms with E-state index in [4.69, 9.17) is 4.74 Å². The predicted molar refractivity (Wildman–Crippen MR) is 106 cm³/mol. The molecule has 0 aromatic heterocycles. The second-order valence-corrected chi connectivity index (χ2v) is 7.92. The number of amides is 2. The van der Waals surface area contributed by atoms with E-state index in [0.717, 1.165) is 24.0 Å². The molecular formula is C23H26N2O3. The lowest BCUT2D eigenvalue weighted by Gasteiger charge is -2.43. The molecule has 28 heavy (non-hydrogen) atoms. The molecule has 1 N–H and O–H groups in total. The highest BCUT2D eigenvalue weighted by Gasteiger charge is 2.49. The van der Waals surface area contributed by atoms with Crippen LogP contribution in [0.25, 0.3) is 0 Å². The van der Waals surface area contributed by atoms with E-state index in [1.54, 1.807) is 4.90 Å². The third-order valence-corrected chi connectivity index (χ3v) is 5.66. The Morgan fingerprint density at radius 3 is 2.25 bits per heavy atom. The van der Waals surface area contributed by atoms with Gasteiger partial charge >= 0.3 is 0 Å². The summed E-state index contributed by atoms with van der Waals surface area (Å²) < 4.78 is 5.81. The van der Waals surface area contributed by atoms with E-state index in [-0.39, 0.29) is 30.0 Å². The van der Waals surface area contributed by atoms with E-state index in [1.165, 1.54) is 0 Å². The van der Waals surface area contributed by atoms with E-state index in [2.05, 4.69) is 5.32 Å². The topological polar surface area (TPSA) is 58.6 Å². The van der Waals surface area contributed by atoms with Gasteiger partial charge in [0.2, 0.25) is 5.91 Å². The van der Waals surface area contributed by atoms with Crippen molar-refractivity contribution in [3.8, 4) is 0 Å². The van der Waals surface area contributed by atoms with E-state index < -0.39 is 12.1 Å².